The van der Waals surface area contributed by atoms with Crippen molar-refractivity contribution in [2.24, 2.45) is 0 Å². The molecular weight excluding hydrogens is 385 g/mol. The number of carbonyl (C=O) groups excluding carboxylic acids is 1. The summed E-state index contributed by atoms with van der Waals surface area (Å²) in [5.41, 5.74) is 0.606. The summed E-state index contributed by atoms with van der Waals surface area (Å²) in [7, 11) is 1.60. The molecule has 1 aliphatic heterocycles. The lowest BCUT2D eigenvalue weighted by Gasteiger charge is -2.26. The summed E-state index contributed by atoms with van der Waals surface area (Å²) in [4.78, 5) is 12.6. The maximum atomic E-state index is 14.5. The normalized spacial score (nSPS) is 16.0. The van der Waals surface area contributed by atoms with Crippen LogP contribution in [-0.2, 0) is 10.2 Å². The Kier molecular flexibility index (Phi) is 5.82. The summed E-state index contributed by atoms with van der Waals surface area (Å²) >= 11 is 6.25. The van der Waals surface area contributed by atoms with Crippen LogP contribution in [0, 0.1) is 5.82 Å². The molecule has 28 heavy (non-hydrogen) atoms. The van der Waals surface area contributed by atoms with Gasteiger partial charge in [0.1, 0.15) is 12.4 Å². The molecule has 0 aliphatic carbocycles. The second-order valence-corrected chi connectivity index (χ2v) is 8.09. The average molecular weight is 408 g/mol. The van der Waals surface area contributed by atoms with E-state index in [2.05, 4.69) is 5.32 Å². The van der Waals surface area contributed by atoms with Gasteiger partial charge in [-0.3, -0.25) is 4.79 Å². The lowest BCUT2D eigenvalue weighted by molar-refractivity contribution is 0.0272. The van der Waals surface area contributed by atoms with Crippen molar-refractivity contribution in [1.82, 2.24) is 0 Å². The highest BCUT2D eigenvalue weighted by Crippen LogP contribution is 2.35. The van der Waals surface area contributed by atoms with Gasteiger partial charge in [0.25, 0.3) is 5.91 Å². The summed E-state index contributed by atoms with van der Waals surface area (Å²) in [6.45, 7) is 6.42. The number of hydrogen-bond donors (Lipinski definition) is 1. The van der Waals surface area contributed by atoms with E-state index < -0.39 is 17.1 Å². The van der Waals surface area contributed by atoms with Crippen LogP contribution in [0.15, 0.2) is 30.3 Å². The Bertz CT molecular complexity index is 895. The summed E-state index contributed by atoms with van der Waals surface area (Å²) < 4.78 is 31.0. The van der Waals surface area contributed by atoms with Crippen LogP contribution < -0.4 is 14.8 Å². The molecule has 3 rings (SSSR count). The van der Waals surface area contributed by atoms with Gasteiger partial charge >= 0.3 is 0 Å². The van der Waals surface area contributed by atoms with Crippen LogP contribution in [0.4, 0.5) is 10.1 Å². The van der Waals surface area contributed by atoms with Crippen molar-refractivity contribution in [3.05, 3.63) is 52.3 Å². The van der Waals surface area contributed by atoms with E-state index in [9.17, 15) is 9.18 Å². The van der Waals surface area contributed by atoms with Crippen LogP contribution in [0.2, 0.25) is 5.02 Å². The van der Waals surface area contributed by atoms with E-state index in [4.69, 9.17) is 25.8 Å². The van der Waals surface area contributed by atoms with Gasteiger partial charge in [-0.25, -0.2) is 4.39 Å². The molecule has 2 aromatic rings. The molecule has 5 nitrogen and oxygen atoms in total. The topological polar surface area (TPSA) is 56.8 Å². The van der Waals surface area contributed by atoms with Gasteiger partial charge in [0, 0.05) is 18.9 Å². The first-order chi connectivity index (χ1) is 13.2. The average Bonchev–Trinajstić information content (AvgIpc) is 2.62. The summed E-state index contributed by atoms with van der Waals surface area (Å²) in [5.74, 6) is 0.127. The molecule has 150 valence electrons. The zero-order valence-electron chi connectivity index (χ0n) is 16.3. The lowest BCUT2D eigenvalue weighted by Crippen LogP contribution is -2.33. The number of carbonyl (C=O) groups is 1. The summed E-state index contributed by atoms with van der Waals surface area (Å²) in [6, 6.07) is 7.72. The molecule has 1 heterocycles. The Hall–Kier alpha value is -2.31. The molecule has 2 aromatic carbocycles. The van der Waals surface area contributed by atoms with Gasteiger partial charge in [-0.15, -0.1) is 0 Å². The molecule has 0 radical (unpaired) electrons. The van der Waals surface area contributed by atoms with E-state index in [-0.39, 0.29) is 16.7 Å². The van der Waals surface area contributed by atoms with Crippen molar-refractivity contribution in [3.8, 4) is 11.5 Å². The number of rotatable bonds is 4. The minimum Gasteiger partial charge on any atom is -0.486 e. The van der Waals surface area contributed by atoms with Crippen molar-refractivity contribution in [2.75, 3.05) is 25.6 Å². The summed E-state index contributed by atoms with van der Waals surface area (Å²) in [5, 5.41) is 2.92. The third kappa shape index (κ3) is 4.39. The van der Waals surface area contributed by atoms with Gasteiger partial charge in [0.05, 0.1) is 17.2 Å². The van der Waals surface area contributed by atoms with Crippen LogP contribution in [-0.4, -0.2) is 32.3 Å². The maximum Gasteiger partial charge on any atom is 0.257 e. The second kappa shape index (κ2) is 7.97. The third-order valence-corrected chi connectivity index (χ3v) is 4.69. The minimum atomic E-state index is -0.502. The maximum absolute atomic E-state index is 14.5. The number of hydrogen-bond acceptors (Lipinski definition) is 4. The first-order valence-electron chi connectivity index (χ1n) is 8.92. The third-order valence-electron chi connectivity index (χ3n) is 4.38. The van der Waals surface area contributed by atoms with Crippen molar-refractivity contribution < 1.29 is 23.4 Å². The predicted molar refractivity (Wildman–Crippen MR) is 106 cm³/mol. The Morgan fingerprint density at radius 3 is 2.71 bits per heavy atom. The van der Waals surface area contributed by atoms with E-state index in [1.165, 1.54) is 12.1 Å². The first kappa shape index (κ1) is 20.4. The standard InChI is InChI=1S/C21H23ClFNO4/c1-21(2,3)15-9-16(22)14(8-17(15)23)20(25)24-12-5-6-18-19(7-12)27-11-13(28-18)10-26-4/h5-9,13H,10-11H2,1-4H3,(H,24,25). The molecule has 1 atom stereocenters. The number of ether oxygens (including phenoxy) is 3. The van der Waals surface area contributed by atoms with Crippen LogP contribution in [0.1, 0.15) is 36.7 Å². The van der Waals surface area contributed by atoms with E-state index in [1.54, 1.807) is 25.3 Å². The Morgan fingerprint density at radius 1 is 1.29 bits per heavy atom. The molecule has 0 bridgehead atoms. The zero-order valence-corrected chi connectivity index (χ0v) is 17.0. The Labute approximate surface area is 168 Å². The molecule has 1 amide bonds. The number of fused-ring (bicyclic) bond motifs is 1. The van der Waals surface area contributed by atoms with Gasteiger partial charge in [-0.05, 0) is 35.2 Å². The molecule has 7 heteroatoms. The van der Waals surface area contributed by atoms with Crippen LogP contribution in [0.5, 0.6) is 11.5 Å². The highest BCUT2D eigenvalue weighted by molar-refractivity contribution is 6.34. The van der Waals surface area contributed by atoms with Gasteiger partial charge in [-0.1, -0.05) is 32.4 Å². The Balaban J connectivity index is 1.78. The van der Waals surface area contributed by atoms with Crippen LogP contribution >= 0.6 is 11.6 Å². The fraction of sp³-hybridized carbons (Fsp3) is 0.381. The first-order valence-corrected chi connectivity index (χ1v) is 9.30. The van der Waals surface area contributed by atoms with Crippen LogP contribution in [0.25, 0.3) is 0 Å². The number of amides is 1. The Morgan fingerprint density at radius 2 is 2.04 bits per heavy atom. The molecule has 0 saturated carbocycles. The van der Waals surface area contributed by atoms with E-state index in [0.717, 1.165) is 0 Å². The van der Waals surface area contributed by atoms with Gasteiger partial charge in [0.15, 0.2) is 17.6 Å². The SMILES string of the molecule is COCC1COc2cc(NC(=O)c3cc(F)c(C(C)(C)C)cc3Cl)ccc2O1. The molecule has 0 spiro atoms. The lowest BCUT2D eigenvalue weighted by atomic mass is 9.86. The number of anilines is 1. The zero-order chi connectivity index (χ0) is 20.5. The molecule has 0 fully saturated rings. The monoisotopic (exact) mass is 407 g/mol. The van der Waals surface area contributed by atoms with Crippen molar-refractivity contribution in [2.45, 2.75) is 32.3 Å². The quantitative estimate of drug-likeness (QED) is 0.789. The number of benzene rings is 2. The molecule has 1 unspecified atom stereocenters. The predicted octanol–water partition coefficient (Wildman–Crippen LogP) is 4.82. The van der Waals surface area contributed by atoms with Crippen LogP contribution in [0.3, 0.4) is 0 Å². The molecule has 1 N–H and O–H groups in total. The number of methoxy groups -OCH3 is 1. The smallest absolute Gasteiger partial charge is 0.257 e. The summed E-state index contributed by atoms with van der Waals surface area (Å²) in [6.07, 6.45) is -0.180. The largest absolute Gasteiger partial charge is 0.486 e. The van der Waals surface area contributed by atoms with Gasteiger partial charge in [0.2, 0.25) is 0 Å². The van der Waals surface area contributed by atoms with Crippen molar-refractivity contribution in [3.63, 3.8) is 0 Å². The molecule has 0 aromatic heterocycles. The fourth-order valence-corrected chi connectivity index (χ4v) is 3.20. The fourth-order valence-electron chi connectivity index (χ4n) is 2.95. The van der Waals surface area contributed by atoms with E-state index >= 15 is 0 Å². The van der Waals surface area contributed by atoms with Crippen molar-refractivity contribution in [1.29, 1.82) is 0 Å². The van der Waals surface area contributed by atoms with Gasteiger partial charge < -0.3 is 19.5 Å². The molecule has 1 aliphatic rings. The highest BCUT2D eigenvalue weighted by Gasteiger charge is 2.24. The number of halogens is 2. The highest BCUT2D eigenvalue weighted by atomic mass is 35.5. The molecule has 0 saturated heterocycles. The second-order valence-electron chi connectivity index (χ2n) is 7.68. The minimum absolute atomic E-state index is 0.0715. The van der Waals surface area contributed by atoms with Crippen molar-refractivity contribution >= 4 is 23.2 Å². The number of nitrogens with one attached hydrogen (secondary N) is 1. The van der Waals surface area contributed by atoms with E-state index in [0.29, 0.717) is 36.0 Å². The van der Waals surface area contributed by atoms with Gasteiger partial charge in [-0.2, -0.15) is 0 Å². The van der Waals surface area contributed by atoms with E-state index in [1.807, 2.05) is 20.8 Å². The molecular formula is C21H23ClFNO4.